The van der Waals surface area contributed by atoms with Crippen molar-refractivity contribution < 1.29 is 0 Å². The van der Waals surface area contributed by atoms with Crippen LogP contribution >= 0.6 is 0 Å². The van der Waals surface area contributed by atoms with E-state index in [2.05, 4.69) is 112 Å². The zero-order chi connectivity index (χ0) is 22.0. The molecule has 0 aromatic heterocycles. The molecular weight excluding hydrogens is 364 g/mol. The Morgan fingerprint density at radius 2 is 1.13 bits per heavy atom. The van der Waals surface area contributed by atoms with Gasteiger partial charge in [0, 0.05) is 30.2 Å². The van der Waals surface area contributed by atoms with Crippen LogP contribution in [0.25, 0.3) is 0 Å². The molecule has 1 aliphatic carbocycles. The molecule has 2 aromatic carbocycles. The average Bonchev–Trinajstić information content (AvgIpc) is 2.68. The van der Waals surface area contributed by atoms with Gasteiger partial charge in [0.05, 0.1) is 0 Å². The number of rotatable bonds is 5. The molecule has 0 amide bonds. The molecule has 0 bridgehead atoms. The second-order valence-electron chi connectivity index (χ2n) is 10.7. The third-order valence-corrected chi connectivity index (χ3v) is 5.62. The maximum Gasteiger partial charge on any atom is 0.0242 e. The van der Waals surface area contributed by atoms with Crippen LogP contribution in [-0.4, -0.2) is 22.0 Å². The van der Waals surface area contributed by atoms with Crippen molar-refractivity contribution in [1.29, 1.82) is 0 Å². The van der Waals surface area contributed by atoms with Crippen molar-refractivity contribution in [2.24, 2.45) is 0 Å². The van der Waals surface area contributed by atoms with Crippen molar-refractivity contribution >= 4 is 0 Å². The molecule has 2 nitrogen and oxygen atoms in total. The monoisotopic (exact) mass is 408 g/mol. The van der Waals surface area contributed by atoms with Gasteiger partial charge in [0.2, 0.25) is 0 Å². The summed E-state index contributed by atoms with van der Waals surface area (Å²) in [5.41, 5.74) is 3.20. The largest absolute Gasteiger partial charge is 0.309 e. The first-order valence-corrected chi connectivity index (χ1v) is 11.7. The minimum Gasteiger partial charge on any atom is -0.309 e. The zero-order valence-corrected chi connectivity index (χ0v) is 20.2. The van der Waals surface area contributed by atoms with Crippen LogP contribution in [0, 0.1) is 0 Å². The van der Waals surface area contributed by atoms with E-state index in [0.717, 1.165) is 19.1 Å². The molecule has 0 heterocycles. The van der Waals surface area contributed by atoms with Crippen molar-refractivity contribution in [3.05, 3.63) is 71.8 Å². The maximum atomic E-state index is 3.66. The first kappa shape index (κ1) is 24.6. The number of benzene rings is 2. The van der Waals surface area contributed by atoms with Gasteiger partial charge in [0.25, 0.3) is 0 Å². The molecule has 0 saturated heterocycles. The highest BCUT2D eigenvalue weighted by Gasteiger charge is 2.21. The molecule has 0 spiro atoms. The van der Waals surface area contributed by atoms with Crippen molar-refractivity contribution in [2.75, 3.05) is 0 Å². The van der Waals surface area contributed by atoms with E-state index in [0.29, 0.717) is 5.54 Å². The van der Waals surface area contributed by atoms with Gasteiger partial charge in [-0.3, -0.25) is 4.90 Å². The van der Waals surface area contributed by atoms with E-state index in [4.69, 9.17) is 0 Å². The first-order valence-electron chi connectivity index (χ1n) is 11.7. The van der Waals surface area contributed by atoms with Gasteiger partial charge >= 0.3 is 0 Å². The maximum absolute atomic E-state index is 3.66. The van der Waals surface area contributed by atoms with Crippen molar-refractivity contribution in [3.63, 3.8) is 0 Å². The fourth-order valence-electron chi connectivity index (χ4n) is 4.00. The summed E-state index contributed by atoms with van der Waals surface area (Å²) in [6.45, 7) is 15.6. The highest BCUT2D eigenvalue weighted by atomic mass is 15.2. The third kappa shape index (κ3) is 9.91. The van der Waals surface area contributed by atoms with Crippen molar-refractivity contribution in [3.8, 4) is 0 Å². The van der Waals surface area contributed by atoms with Crippen LogP contribution < -0.4 is 5.32 Å². The van der Waals surface area contributed by atoms with E-state index in [9.17, 15) is 0 Å². The van der Waals surface area contributed by atoms with Gasteiger partial charge in [-0.25, -0.2) is 0 Å². The lowest BCUT2D eigenvalue weighted by Gasteiger charge is -2.36. The summed E-state index contributed by atoms with van der Waals surface area (Å²) in [6, 6.07) is 22.2. The number of hydrogen-bond donors (Lipinski definition) is 1. The van der Waals surface area contributed by atoms with Crippen LogP contribution in [-0.2, 0) is 13.1 Å². The molecule has 1 N–H and O–H groups in total. The Hall–Kier alpha value is -1.64. The third-order valence-electron chi connectivity index (χ3n) is 5.62. The van der Waals surface area contributed by atoms with E-state index in [1.165, 1.54) is 43.2 Å². The highest BCUT2D eigenvalue weighted by molar-refractivity contribution is 5.17. The minimum absolute atomic E-state index is 0.158. The first-order chi connectivity index (χ1) is 14.1. The van der Waals surface area contributed by atoms with E-state index >= 15 is 0 Å². The molecule has 2 heteroatoms. The second-order valence-corrected chi connectivity index (χ2v) is 10.7. The molecule has 166 valence electrons. The summed E-state index contributed by atoms with van der Waals surface area (Å²) >= 11 is 0. The summed E-state index contributed by atoms with van der Waals surface area (Å²) in [4.78, 5) is 2.51. The van der Waals surface area contributed by atoms with Gasteiger partial charge in [-0.15, -0.1) is 0 Å². The Kier molecular flexibility index (Phi) is 9.58. The molecule has 1 saturated carbocycles. The van der Waals surface area contributed by atoms with E-state index in [1.54, 1.807) is 0 Å². The molecule has 3 rings (SSSR count). The molecular formula is C28H44N2. The molecule has 30 heavy (non-hydrogen) atoms. The molecule has 0 atom stereocenters. The van der Waals surface area contributed by atoms with E-state index in [-0.39, 0.29) is 5.54 Å². The normalized spacial score (nSPS) is 15.6. The van der Waals surface area contributed by atoms with Gasteiger partial charge in [-0.1, -0.05) is 79.9 Å². The van der Waals surface area contributed by atoms with Crippen LogP contribution in [0.15, 0.2) is 60.7 Å². The fourth-order valence-corrected chi connectivity index (χ4v) is 4.00. The van der Waals surface area contributed by atoms with Gasteiger partial charge in [-0.05, 0) is 65.5 Å². The van der Waals surface area contributed by atoms with Crippen molar-refractivity contribution in [2.45, 2.75) is 104 Å². The number of nitrogens with zero attached hydrogens (tertiary/aromatic N) is 1. The summed E-state index contributed by atoms with van der Waals surface area (Å²) in [5, 5.41) is 3.66. The Balaban J connectivity index is 0.000000248. The topological polar surface area (TPSA) is 15.3 Å². The lowest BCUT2D eigenvalue weighted by Crippen LogP contribution is -2.44. The quantitative estimate of drug-likeness (QED) is 0.563. The lowest BCUT2D eigenvalue weighted by molar-refractivity contribution is 0.118. The molecule has 2 aromatic rings. The molecule has 1 fully saturated rings. The molecule has 0 radical (unpaired) electrons. The fraction of sp³-hybridized carbons (Fsp3) is 0.571. The Bertz CT molecular complexity index is 647. The second kappa shape index (κ2) is 11.7. The smallest absolute Gasteiger partial charge is 0.0242 e. The Labute approximate surface area is 186 Å². The minimum atomic E-state index is 0.158. The predicted octanol–water partition coefficient (Wildman–Crippen LogP) is 7.19. The average molecular weight is 409 g/mol. The summed E-state index contributed by atoms with van der Waals surface area (Å²) in [7, 11) is 0. The summed E-state index contributed by atoms with van der Waals surface area (Å²) in [5.74, 6) is 0. The summed E-state index contributed by atoms with van der Waals surface area (Å²) in [6.07, 6.45) is 7.07. The zero-order valence-electron chi connectivity index (χ0n) is 20.2. The SMILES string of the molecule is CC(C)(C)N(Cc1ccccc1)Cc1ccccc1.CC(C)(C)NC1CCCCC1. The standard InChI is InChI=1S/C18H23N.C10H21N/c1-18(2,3)19(14-16-10-6-4-7-11-16)15-17-12-8-5-9-13-17;1-10(2,3)11-9-7-5-4-6-8-9/h4-13H,14-15H2,1-3H3;9,11H,4-8H2,1-3H3. The van der Waals surface area contributed by atoms with Gasteiger partial charge in [0.15, 0.2) is 0 Å². The Morgan fingerprint density at radius 3 is 1.50 bits per heavy atom. The Morgan fingerprint density at radius 1 is 0.700 bits per heavy atom. The van der Waals surface area contributed by atoms with Gasteiger partial charge in [0.1, 0.15) is 0 Å². The van der Waals surface area contributed by atoms with E-state index < -0.39 is 0 Å². The highest BCUT2D eigenvalue weighted by Crippen LogP contribution is 2.21. The van der Waals surface area contributed by atoms with Crippen LogP contribution in [0.4, 0.5) is 0 Å². The van der Waals surface area contributed by atoms with Crippen LogP contribution in [0.1, 0.15) is 84.8 Å². The molecule has 0 unspecified atom stereocenters. The number of hydrogen-bond acceptors (Lipinski definition) is 2. The van der Waals surface area contributed by atoms with Crippen LogP contribution in [0.2, 0.25) is 0 Å². The van der Waals surface area contributed by atoms with Crippen molar-refractivity contribution in [1.82, 2.24) is 10.2 Å². The number of nitrogens with one attached hydrogen (secondary N) is 1. The molecule has 1 aliphatic rings. The molecule has 0 aliphatic heterocycles. The predicted molar refractivity (Wildman–Crippen MR) is 132 cm³/mol. The van der Waals surface area contributed by atoms with E-state index in [1.807, 2.05) is 0 Å². The van der Waals surface area contributed by atoms with Gasteiger partial charge < -0.3 is 5.32 Å². The van der Waals surface area contributed by atoms with Crippen LogP contribution in [0.3, 0.4) is 0 Å². The van der Waals surface area contributed by atoms with Gasteiger partial charge in [-0.2, -0.15) is 0 Å². The van der Waals surface area contributed by atoms with Crippen LogP contribution in [0.5, 0.6) is 0 Å². The lowest BCUT2D eigenvalue weighted by atomic mass is 9.93. The summed E-state index contributed by atoms with van der Waals surface area (Å²) < 4.78 is 0.